The van der Waals surface area contributed by atoms with E-state index >= 15 is 0 Å². The highest BCUT2D eigenvalue weighted by Gasteiger charge is 2.10. The zero-order valence-electron chi connectivity index (χ0n) is 22.3. The summed E-state index contributed by atoms with van der Waals surface area (Å²) in [6.45, 7) is 6.69. The van der Waals surface area contributed by atoms with E-state index in [9.17, 15) is 4.79 Å². The summed E-state index contributed by atoms with van der Waals surface area (Å²) in [5, 5.41) is 0. The second-order valence-corrected chi connectivity index (χ2v) is 9.97. The highest BCUT2D eigenvalue weighted by Crippen LogP contribution is 2.21. The molecule has 192 valence electrons. The maximum atomic E-state index is 12.5. The fourth-order valence-electron chi connectivity index (χ4n) is 4.26. The van der Waals surface area contributed by atoms with Crippen molar-refractivity contribution >= 4 is 5.97 Å². The summed E-state index contributed by atoms with van der Waals surface area (Å²) in [6.07, 6.45) is 17.6. The molecule has 0 radical (unpaired) electrons. The van der Waals surface area contributed by atoms with Crippen LogP contribution in [-0.2, 0) is 12.8 Å². The lowest BCUT2D eigenvalue weighted by molar-refractivity contribution is 0.0735. The molecule has 1 heterocycles. The Kier molecular flexibility index (Phi) is 11.6. The number of esters is 1. The van der Waals surface area contributed by atoms with E-state index in [1.54, 1.807) is 12.1 Å². The van der Waals surface area contributed by atoms with Gasteiger partial charge in [0.15, 0.2) is 5.82 Å². The smallest absolute Gasteiger partial charge is 0.343 e. The largest absolute Gasteiger partial charge is 0.423 e. The molecule has 2 aromatic carbocycles. The van der Waals surface area contributed by atoms with Crippen molar-refractivity contribution in [2.24, 2.45) is 5.92 Å². The molecule has 3 aromatic rings. The van der Waals surface area contributed by atoms with Gasteiger partial charge in [-0.1, -0.05) is 84.3 Å². The first-order valence-corrected chi connectivity index (χ1v) is 13.8. The van der Waals surface area contributed by atoms with Gasteiger partial charge in [-0.15, -0.1) is 0 Å². The van der Waals surface area contributed by atoms with E-state index in [1.807, 2.05) is 48.8 Å². The van der Waals surface area contributed by atoms with Crippen molar-refractivity contribution in [3.8, 4) is 17.1 Å². The zero-order valence-corrected chi connectivity index (χ0v) is 22.3. The van der Waals surface area contributed by atoms with Gasteiger partial charge in [-0.3, -0.25) is 0 Å². The molecular weight excluding hydrogens is 444 g/mol. The number of hydrogen-bond acceptors (Lipinski definition) is 4. The second-order valence-electron chi connectivity index (χ2n) is 9.97. The summed E-state index contributed by atoms with van der Waals surface area (Å²) in [6, 6.07) is 15.1. The summed E-state index contributed by atoms with van der Waals surface area (Å²) >= 11 is 0. The molecule has 4 heteroatoms. The fourth-order valence-corrected chi connectivity index (χ4v) is 4.26. The van der Waals surface area contributed by atoms with Crippen LogP contribution in [-0.4, -0.2) is 15.9 Å². The lowest BCUT2D eigenvalue weighted by Crippen LogP contribution is -2.08. The van der Waals surface area contributed by atoms with Crippen LogP contribution in [0.25, 0.3) is 11.4 Å². The minimum Gasteiger partial charge on any atom is -0.423 e. The van der Waals surface area contributed by atoms with E-state index in [4.69, 9.17) is 4.74 Å². The third-order valence-corrected chi connectivity index (χ3v) is 6.82. The van der Waals surface area contributed by atoms with Crippen LogP contribution in [0.5, 0.6) is 5.75 Å². The Morgan fingerprint density at radius 1 is 0.778 bits per heavy atom. The van der Waals surface area contributed by atoms with Crippen molar-refractivity contribution in [3.63, 3.8) is 0 Å². The molecule has 1 unspecified atom stereocenters. The predicted molar refractivity (Wildman–Crippen MR) is 148 cm³/mol. The molecule has 0 aliphatic heterocycles. The first kappa shape index (κ1) is 27.6. The van der Waals surface area contributed by atoms with Gasteiger partial charge in [0.2, 0.25) is 0 Å². The molecule has 0 amide bonds. The molecule has 1 aromatic heterocycles. The van der Waals surface area contributed by atoms with Crippen molar-refractivity contribution in [2.75, 3.05) is 0 Å². The number of aromatic nitrogens is 2. The van der Waals surface area contributed by atoms with Crippen molar-refractivity contribution < 1.29 is 9.53 Å². The van der Waals surface area contributed by atoms with Gasteiger partial charge in [0.1, 0.15) is 5.75 Å². The van der Waals surface area contributed by atoms with Crippen LogP contribution in [0.15, 0.2) is 60.9 Å². The van der Waals surface area contributed by atoms with E-state index in [2.05, 4.69) is 30.7 Å². The average Bonchev–Trinajstić information content (AvgIpc) is 2.91. The average molecular weight is 487 g/mol. The SMILES string of the molecule is CCCCCCCCCCc1cnc(-c2ccc(OC(=O)c3ccc(CC(C)CC)cc3)cc2)nc1. The number of carbonyl (C=O) groups excluding carboxylic acids is 1. The Morgan fingerprint density at radius 3 is 2.00 bits per heavy atom. The highest BCUT2D eigenvalue weighted by atomic mass is 16.5. The molecule has 0 bridgehead atoms. The third kappa shape index (κ3) is 9.22. The monoisotopic (exact) mass is 486 g/mol. The Balaban J connectivity index is 1.44. The summed E-state index contributed by atoms with van der Waals surface area (Å²) in [5.41, 5.74) is 3.89. The fraction of sp³-hybridized carbons (Fsp3) is 0.469. The molecular formula is C32H42N2O2. The molecule has 0 spiro atoms. The maximum Gasteiger partial charge on any atom is 0.343 e. The van der Waals surface area contributed by atoms with E-state index in [0.717, 1.165) is 24.8 Å². The van der Waals surface area contributed by atoms with E-state index in [-0.39, 0.29) is 5.97 Å². The molecule has 0 saturated carbocycles. The van der Waals surface area contributed by atoms with Crippen LogP contribution in [0.3, 0.4) is 0 Å². The first-order valence-electron chi connectivity index (χ1n) is 13.8. The van der Waals surface area contributed by atoms with Gasteiger partial charge in [-0.2, -0.15) is 0 Å². The van der Waals surface area contributed by atoms with Gasteiger partial charge >= 0.3 is 5.97 Å². The van der Waals surface area contributed by atoms with E-state index in [1.165, 1.54) is 62.5 Å². The molecule has 0 aliphatic rings. The number of hydrogen-bond donors (Lipinski definition) is 0. The van der Waals surface area contributed by atoms with Crippen molar-refractivity contribution in [3.05, 3.63) is 77.6 Å². The minimum atomic E-state index is -0.348. The molecule has 0 saturated heterocycles. The second kappa shape index (κ2) is 15.2. The van der Waals surface area contributed by atoms with Crippen molar-refractivity contribution in [2.45, 2.75) is 91.4 Å². The van der Waals surface area contributed by atoms with Gasteiger partial charge in [0, 0.05) is 18.0 Å². The molecule has 0 N–H and O–H groups in total. The number of unbranched alkanes of at least 4 members (excludes halogenated alkanes) is 7. The zero-order chi connectivity index (χ0) is 25.6. The Hall–Kier alpha value is -3.01. The maximum absolute atomic E-state index is 12.5. The molecule has 0 aliphatic carbocycles. The van der Waals surface area contributed by atoms with Gasteiger partial charge in [-0.05, 0) is 72.7 Å². The summed E-state index contributed by atoms with van der Waals surface area (Å²) < 4.78 is 5.56. The molecule has 4 nitrogen and oxygen atoms in total. The van der Waals surface area contributed by atoms with Gasteiger partial charge in [-0.25, -0.2) is 14.8 Å². The van der Waals surface area contributed by atoms with Gasteiger partial charge < -0.3 is 4.74 Å². The van der Waals surface area contributed by atoms with E-state index < -0.39 is 0 Å². The van der Waals surface area contributed by atoms with Gasteiger partial charge in [0.25, 0.3) is 0 Å². The van der Waals surface area contributed by atoms with Crippen LogP contribution in [0.1, 0.15) is 100 Å². The van der Waals surface area contributed by atoms with Crippen LogP contribution in [0, 0.1) is 5.92 Å². The normalized spacial score (nSPS) is 11.9. The standard InChI is InChI=1S/C32H42N2O2/c1-4-6-7-8-9-10-11-12-13-27-23-33-31(34-24-27)28-18-20-30(21-19-28)36-32(35)29-16-14-26(15-17-29)22-25(3)5-2/h14-21,23-25H,4-13,22H2,1-3H3. The summed E-state index contributed by atoms with van der Waals surface area (Å²) in [7, 11) is 0. The third-order valence-electron chi connectivity index (χ3n) is 6.82. The predicted octanol–water partition coefficient (Wildman–Crippen LogP) is 8.63. The van der Waals surface area contributed by atoms with Crippen LogP contribution in [0.2, 0.25) is 0 Å². The minimum absolute atomic E-state index is 0.348. The molecule has 0 fully saturated rings. The Bertz CT molecular complexity index is 1030. The molecule has 1 atom stereocenters. The van der Waals surface area contributed by atoms with Crippen LogP contribution >= 0.6 is 0 Å². The Labute approximate surface area is 217 Å². The number of nitrogens with zero attached hydrogens (tertiary/aromatic N) is 2. The van der Waals surface area contributed by atoms with Crippen LogP contribution in [0.4, 0.5) is 0 Å². The Morgan fingerprint density at radius 2 is 1.39 bits per heavy atom. The number of ether oxygens (including phenoxy) is 1. The van der Waals surface area contributed by atoms with Crippen molar-refractivity contribution in [1.82, 2.24) is 9.97 Å². The quantitative estimate of drug-likeness (QED) is 0.122. The van der Waals surface area contributed by atoms with E-state index in [0.29, 0.717) is 23.1 Å². The lowest BCUT2D eigenvalue weighted by Gasteiger charge is -2.09. The van der Waals surface area contributed by atoms with Crippen LogP contribution < -0.4 is 4.74 Å². The summed E-state index contributed by atoms with van der Waals surface area (Å²) in [5.74, 6) is 1.49. The highest BCUT2D eigenvalue weighted by molar-refractivity contribution is 5.91. The summed E-state index contributed by atoms with van der Waals surface area (Å²) in [4.78, 5) is 21.6. The number of benzene rings is 2. The lowest BCUT2D eigenvalue weighted by atomic mass is 9.98. The topological polar surface area (TPSA) is 52.1 Å². The number of carbonyl (C=O) groups is 1. The van der Waals surface area contributed by atoms with Gasteiger partial charge in [0.05, 0.1) is 5.56 Å². The number of rotatable bonds is 15. The first-order chi connectivity index (χ1) is 17.6. The van der Waals surface area contributed by atoms with Crippen molar-refractivity contribution in [1.29, 1.82) is 0 Å². The molecule has 36 heavy (non-hydrogen) atoms. The molecule has 3 rings (SSSR count). The number of aryl methyl sites for hydroxylation is 1.